The van der Waals surface area contributed by atoms with Crippen LogP contribution >= 0.6 is 11.6 Å². The Bertz CT molecular complexity index is 378. The molecule has 0 saturated heterocycles. The molecule has 13 heavy (non-hydrogen) atoms. The summed E-state index contributed by atoms with van der Waals surface area (Å²) < 4.78 is 13.0. The lowest BCUT2D eigenvalue weighted by atomic mass is 10.00. The van der Waals surface area contributed by atoms with Gasteiger partial charge in [-0.05, 0) is 17.7 Å². The number of carbonyl (C=O) groups excluding carboxylic acids is 1. The second kappa shape index (κ2) is 3.09. The zero-order valence-electron chi connectivity index (χ0n) is 6.73. The largest absolute Gasteiger partial charge is 0.306 e. The first-order valence-corrected chi connectivity index (χ1v) is 4.28. The summed E-state index contributed by atoms with van der Waals surface area (Å²) in [6, 6.07) is 2.71. The van der Waals surface area contributed by atoms with Crippen molar-refractivity contribution in [3.05, 3.63) is 34.1 Å². The van der Waals surface area contributed by atoms with Gasteiger partial charge in [0.15, 0.2) is 5.78 Å². The van der Waals surface area contributed by atoms with E-state index < -0.39 is 5.82 Å². The normalized spacial score (nSPS) is 15.7. The number of benzene rings is 1. The molecule has 0 atom stereocenters. The summed E-state index contributed by atoms with van der Waals surface area (Å²) in [5.74, 6) is -0.514. The molecule has 4 heteroatoms. The van der Waals surface area contributed by atoms with Crippen molar-refractivity contribution in [2.45, 2.75) is 6.54 Å². The molecular formula is C9H7ClFNO. The third-order valence-corrected chi connectivity index (χ3v) is 2.49. The summed E-state index contributed by atoms with van der Waals surface area (Å²) in [4.78, 5) is 11.3. The fourth-order valence-electron chi connectivity index (χ4n) is 1.42. The second-order valence-corrected chi connectivity index (χ2v) is 3.29. The minimum absolute atomic E-state index is 0.0387. The molecule has 0 unspecified atom stereocenters. The molecule has 1 aromatic rings. The maximum absolute atomic E-state index is 13.0. The van der Waals surface area contributed by atoms with Gasteiger partial charge >= 0.3 is 0 Å². The summed E-state index contributed by atoms with van der Waals surface area (Å²) in [5.41, 5.74) is 1.10. The average molecular weight is 200 g/mol. The van der Waals surface area contributed by atoms with E-state index in [0.29, 0.717) is 24.2 Å². The van der Waals surface area contributed by atoms with Crippen molar-refractivity contribution in [2.24, 2.45) is 0 Å². The maximum Gasteiger partial charge on any atom is 0.176 e. The Balaban J connectivity index is 2.63. The maximum atomic E-state index is 13.0. The molecule has 0 spiro atoms. The first-order chi connectivity index (χ1) is 6.20. The molecule has 0 radical (unpaired) electrons. The van der Waals surface area contributed by atoms with Crippen LogP contribution in [0.5, 0.6) is 0 Å². The molecule has 2 nitrogen and oxygen atoms in total. The highest BCUT2D eigenvalue weighted by Crippen LogP contribution is 2.25. The van der Waals surface area contributed by atoms with Gasteiger partial charge in [0.05, 0.1) is 11.6 Å². The van der Waals surface area contributed by atoms with Gasteiger partial charge in [-0.1, -0.05) is 11.6 Å². The van der Waals surface area contributed by atoms with Gasteiger partial charge < -0.3 is 5.32 Å². The standard InChI is InChI=1S/C9H7ClFNO/c10-9-6-3-12-4-8(13)5(6)1-2-7(9)11/h1-2,12H,3-4H2. The molecule has 2 rings (SSSR count). The van der Waals surface area contributed by atoms with Gasteiger partial charge in [-0.3, -0.25) is 4.79 Å². The smallest absolute Gasteiger partial charge is 0.176 e. The van der Waals surface area contributed by atoms with E-state index >= 15 is 0 Å². The van der Waals surface area contributed by atoms with Gasteiger partial charge in [0, 0.05) is 12.1 Å². The monoisotopic (exact) mass is 199 g/mol. The van der Waals surface area contributed by atoms with Crippen molar-refractivity contribution in [3.8, 4) is 0 Å². The minimum atomic E-state index is -0.475. The average Bonchev–Trinajstić information content (AvgIpc) is 2.12. The van der Waals surface area contributed by atoms with Gasteiger partial charge in [-0.15, -0.1) is 0 Å². The van der Waals surface area contributed by atoms with Crippen molar-refractivity contribution in [3.63, 3.8) is 0 Å². The molecule has 0 saturated carbocycles. The molecule has 0 aliphatic carbocycles. The van der Waals surface area contributed by atoms with Gasteiger partial charge in [0.1, 0.15) is 5.82 Å². The zero-order chi connectivity index (χ0) is 9.42. The Hall–Kier alpha value is -0.930. The number of hydrogen-bond acceptors (Lipinski definition) is 2. The molecule has 1 N–H and O–H groups in total. The van der Waals surface area contributed by atoms with Crippen LogP contribution in [0, 0.1) is 5.82 Å². The number of rotatable bonds is 0. The molecular weight excluding hydrogens is 193 g/mol. The molecule has 0 aromatic heterocycles. The third-order valence-electron chi connectivity index (χ3n) is 2.08. The van der Waals surface area contributed by atoms with Crippen LogP contribution in [-0.2, 0) is 6.54 Å². The lowest BCUT2D eigenvalue weighted by molar-refractivity contribution is 0.0982. The van der Waals surface area contributed by atoms with E-state index in [0.717, 1.165) is 0 Å². The van der Waals surface area contributed by atoms with Crippen LogP contribution in [0.4, 0.5) is 4.39 Å². The number of hydrogen-bond donors (Lipinski definition) is 1. The highest BCUT2D eigenvalue weighted by molar-refractivity contribution is 6.32. The van der Waals surface area contributed by atoms with E-state index in [1.807, 2.05) is 0 Å². The molecule has 0 bridgehead atoms. The number of ketones is 1. The van der Waals surface area contributed by atoms with Crippen LogP contribution in [0.15, 0.2) is 12.1 Å². The van der Waals surface area contributed by atoms with Crippen molar-refractivity contribution in [2.75, 3.05) is 6.54 Å². The van der Waals surface area contributed by atoms with Gasteiger partial charge in [0.2, 0.25) is 0 Å². The van der Waals surface area contributed by atoms with E-state index in [-0.39, 0.29) is 10.8 Å². The third kappa shape index (κ3) is 1.34. The SMILES string of the molecule is O=C1CNCc2c1ccc(F)c2Cl. The Morgan fingerprint density at radius 2 is 2.15 bits per heavy atom. The number of Topliss-reactive ketones (excluding diaryl/α,β-unsaturated/α-hetero) is 1. The highest BCUT2D eigenvalue weighted by Gasteiger charge is 2.20. The second-order valence-electron chi connectivity index (χ2n) is 2.91. The Morgan fingerprint density at radius 1 is 1.38 bits per heavy atom. The van der Waals surface area contributed by atoms with Crippen molar-refractivity contribution >= 4 is 17.4 Å². The highest BCUT2D eigenvalue weighted by atomic mass is 35.5. The Morgan fingerprint density at radius 3 is 2.92 bits per heavy atom. The first kappa shape index (κ1) is 8.66. The Kier molecular flexibility index (Phi) is 2.06. The zero-order valence-corrected chi connectivity index (χ0v) is 7.49. The van der Waals surface area contributed by atoms with Crippen molar-refractivity contribution in [1.82, 2.24) is 5.32 Å². The first-order valence-electron chi connectivity index (χ1n) is 3.91. The molecule has 68 valence electrons. The lowest BCUT2D eigenvalue weighted by Crippen LogP contribution is -2.30. The van der Waals surface area contributed by atoms with Crippen LogP contribution in [-0.4, -0.2) is 12.3 Å². The van der Waals surface area contributed by atoms with Gasteiger partial charge in [0.25, 0.3) is 0 Å². The van der Waals surface area contributed by atoms with E-state index in [2.05, 4.69) is 5.32 Å². The summed E-state index contributed by atoms with van der Waals surface area (Å²) in [5, 5.41) is 2.91. The van der Waals surface area contributed by atoms with E-state index in [1.165, 1.54) is 12.1 Å². The van der Waals surface area contributed by atoms with Crippen molar-refractivity contribution in [1.29, 1.82) is 0 Å². The summed E-state index contributed by atoms with van der Waals surface area (Å²) >= 11 is 5.71. The van der Waals surface area contributed by atoms with Crippen LogP contribution in [0.3, 0.4) is 0 Å². The van der Waals surface area contributed by atoms with E-state index in [4.69, 9.17) is 11.6 Å². The van der Waals surface area contributed by atoms with Crippen LogP contribution in [0.1, 0.15) is 15.9 Å². The van der Waals surface area contributed by atoms with Crippen LogP contribution in [0.25, 0.3) is 0 Å². The number of halogens is 2. The van der Waals surface area contributed by atoms with Gasteiger partial charge in [-0.2, -0.15) is 0 Å². The minimum Gasteiger partial charge on any atom is -0.306 e. The van der Waals surface area contributed by atoms with Crippen LogP contribution in [0.2, 0.25) is 5.02 Å². The van der Waals surface area contributed by atoms with Gasteiger partial charge in [-0.25, -0.2) is 4.39 Å². The number of carbonyl (C=O) groups is 1. The van der Waals surface area contributed by atoms with Crippen molar-refractivity contribution < 1.29 is 9.18 Å². The number of fused-ring (bicyclic) bond motifs is 1. The van der Waals surface area contributed by atoms with E-state index in [9.17, 15) is 9.18 Å². The predicted octanol–water partition coefficient (Wildman–Crippen LogP) is 1.76. The van der Waals surface area contributed by atoms with E-state index in [1.54, 1.807) is 0 Å². The summed E-state index contributed by atoms with van der Waals surface area (Å²) in [6.45, 7) is 0.757. The fourth-order valence-corrected chi connectivity index (χ4v) is 1.65. The summed E-state index contributed by atoms with van der Waals surface area (Å²) in [7, 11) is 0. The fraction of sp³-hybridized carbons (Fsp3) is 0.222. The lowest BCUT2D eigenvalue weighted by Gasteiger charge is -2.16. The summed E-state index contributed by atoms with van der Waals surface area (Å²) in [6.07, 6.45) is 0. The molecule has 1 heterocycles. The molecule has 1 aromatic carbocycles. The topological polar surface area (TPSA) is 29.1 Å². The number of nitrogens with one attached hydrogen (secondary N) is 1. The molecule has 1 aliphatic rings. The van der Waals surface area contributed by atoms with Crippen LogP contribution < -0.4 is 5.32 Å². The quantitative estimate of drug-likeness (QED) is 0.690. The molecule has 0 fully saturated rings. The Labute approximate surface area is 79.7 Å². The molecule has 1 aliphatic heterocycles. The predicted molar refractivity (Wildman–Crippen MR) is 47.4 cm³/mol. The molecule has 0 amide bonds.